The highest BCUT2D eigenvalue weighted by molar-refractivity contribution is 7.22. The fraction of sp³-hybridized carbons (Fsp3) is 0.429. The molecule has 3 heterocycles. The van der Waals surface area contributed by atoms with E-state index in [0.717, 1.165) is 17.1 Å². The molecular weight excluding hydrogens is 274 g/mol. The summed E-state index contributed by atoms with van der Waals surface area (Å²) in [5, 5.41) is 5.13. The molecule has 1 saturated heterocycles. The number of hydrogen-bond donors (Lipinski definition) is 1. The van der Waals surface area contributed by atoms with Crippen LogP contribution in [0.1, 0.15) is 12.6 Å². The Hall–Kier alpha value is -1.66. The highest BCUT2D eigenvalue weighted by Gasteiger charge is 2.24. The Morgan fingerprint density at radius 1 is 1.60 bits per heavy atom. The van der Waals surface area contributed by atoms with Crippen molar-refractivity contribution in [1.82, 2.24) is 10.3 Å². The van der Waals surface area contributed by atoms with Crippen LogP contribution >= 0.6 is 11.3 Å². The maximum Gasteiger partial charge on any atom is 0.216 e. The molecule has 20 heavy (non-hydrogen) atoms. The molecular formula is C14H17N3O2S. The van der Waals surface area contributed by atoms with Gasteiger partial charge in [-0.3, -0.25) is 4.79 Å². The van der Waals surface area contributed by atoms with Gasteiger partial charge in [0.15, 0.2) is 0 Å². The molecule has 1 aliphatic rings. The van der Waals surface area contributed by atoms with E-state index in [4.69, 9.17) is 4.74 Å². The van der Waals surface area contributed by atoms with Crippen LogP contribution in [0.25, 0.3) is 10.2 Å². The molecule has 0 spiro atoms. The van der Waals surface area contributed by atoms with Crippen molar-refractivity contribution in [2.75, 3.05) is 24.7 Å². The van der Waals surface area contributed by atoms with Gasteiger partial charge in [0.1, 0.15) is 11.6 Å². The number of aryl methyl sites for hydroxylation is 1. The summed E-state index contributed by atoms with van der Waals surface area (Å²) in [5.74, 6) is -0.0198. The smallest absolute Gasteiger partial charge is 0.216 e. The first-order valence-electron chi connectivity index (χ1n) is 6.60. The summed E-state index contributed by atoms with van der Waals surface area (Å²) >= 11 is 1.68. The van der Waals surface area contributed by atoms with E-state index in [-0.39, 0.29) is 12.0 Å². The van der Waals surface area contributed by atoms with Gasteiger partial charge in [-0.2, -0.15) is 0 Å². The maximum atomic E-state index is 10.9. The Bertz CT molecular complexity index is 640. The molecule has 0 bridgehead atoms. The Kier molecular flexibility index (Phi) is 3.58. The van der Waals surface area contributed by atoms with Gasteiger partial charge in [0, 0.05) is 31.1 Å². The summed E-state index contributed by atoms with van der Waals surface area (Å²) in [4.78, 5) is 18.7. The minimum absolute atomic E-state index is 0.0198. The Morgan fingerprint density at radius 2 is 2.45 bits per heavy atom. The van der Waals surface area contributed by atoms with Crippen LogP contribution in [0.5, 0.6) is 0 Å². The molecule has 0 unspecified atom stereocenters. The summed E-state index contributed by atoms with van der Waals surface area (Å²) in [6.45, 7) is 5.45. The van der Waals surface area contributed by atoms with E-state index in [0.29, 0.717) is 13.3 Å². The van der Waals surface area contributed by atoms with Crippen LogP contribution in [0, 0.1) is 6.92 Å². The third-order valence-electron chi connectivity index (χ3n) is 3.29. The highest BCUT2D eigenvalue weighted by Crippen LogP contribution is 2.33. The van der Waals surface area contributed by atoms with E-state index in [9.17, 15) is 4.79 Å². The minimum atomic E-state index is -0.0198. The maximum absolute atomic E-state index is 10.9. The van der Waals surface area contributed by atoms with Gasteiger partial charge in [0.25, 0.3) is 0 Å². The first-order chi connectivity index (χ1) is 9.61. The summed E-state index contributed by atoms with van der Waals surface area (Å²) in [7, 11) is 0. The number of fused-ring (bicyclic) bond motifs is 1. The number of hydrogen-bond acceptors (Lipinski definition) is 5. The molecule has 1 fully saturated rings. The quantitative estimate of drug-likeness (QED) is 0.938. The molecule has 1 aliphatic heterocycles. The zero-order chi connectivity index (χ0) is 14.1. The number of rotatable bonds is 3. The van der Waals surface area contributed by atoms with Gasteiger partial charge in [0.2, 0.25) is 5.91 Å². The number of anilines is 1. The molecule has 2 aromatic heterocycles. The van der Waals surface area contributed by atoms with Gasteiger partial charge < -0.3 is 15.0 Å². The number of nitrogens with one attached hydrogen (secondary N) is 1. The molecule has 0 saturated carbocycles. The fourth-order valence-electron chi connectivity index (χ4n) is 2.23. The van der Waals surface area contributed by atoms with Crippen LogP contribution in [0.2, 0.25) is 0 Å². The minimum Gasteiger partial charge on any atom is -0.354 e. The van der Waals surface area contributed by atoms with Crippen molar-refractivity contribution >= 4 is 32.5 Å². The predicted octanol–water partition coefficient (Wildman–Crippen LogP) is 1.90. The van der Waals surface area contributed by atoms with Crippen molar-refractivity contribution in [3.8, 4) is 0 Å². The number of nitrogens with zero attached hydrogens (tertiary/aromatic N) is 2. The van der Waals surface area contributed by atoms with E-state index in [2.05, 4.69) is 27.3 Å². The average Bonchev–Trinajstić information content (AvgIpc) is 3.01. The second kappa shape index (κ2) is 5.38. The molecule has 0 aliphatic carbocycles. The summed E-state index contributed by atoms with van der Waals surface area (Å²) in [6.07, 6.45) is 0.0545. The summed E-state index contributed by atoms with van der Waals surface area (Å²) in [6, 6.07) is 6.28. The second-order valence-corrected chi connectivity index (χ2v) is 6.02. The number of amides is 1. The first-order valence-corrected chi connectivity index (χ1v) is 7.41. The van der Waals surface area contributed by atoms with Gasteiger partial charge in [-0.05, 0) is 19.1 Å². The normalized spacial score (nSPS) is 18.7. The zero-order valence-electron chi connectivity index (χ0n) is 11.5. The standard InChI is InChI=1S/C14H17N3O2S/c1-9-3-4-11-5-13(20-14(11)16-9)17-7-12(19-8-17)6-15-10(2)18/h3-5,12H,6-8H2,1-2H3,(H,15,18)/t12-/m0/s1. The first kappa shape index (κ1) is 13.3. The number of carbonyl (C=O) groups excluding carboxylic acids is 1. The third-order valence-corrected chi connectivity index (χ3v) is 4.40. The number of thiophene rings is 1. The molecule has 1 atom stereocenters. The number of ether oxygens (including phenoxy) is 1. The van der Waals surface area contributed by atoms with E-state index in [1.807, 2.05) is 13.0 Å². The molecule has 1 amide bonds. The molecule has 2 aromatic rings. The van der Waals surface area contributed by atoms with Crippen molar-refractivity contribution in [2.24, 2.45) is 0 Å². The molecule has 5 nitrogen and oxygen atoms in total. The summed E-state index contributed by atoms with van der Waals surface area (Å²) in [5.41, 5.74) is 1.03. The lowest BCUT2D eigenvalue weighted by atomic mass is 10.3. The van der Waals surface area contributed by atoms with Gasteiger partial charge in [-0.25, -0.2) is 4.98 Å². The molecule has 1 N–H and O–H groups in total. The van der Waals surface area contributed by atoms with Crippen molar-refractivity contribution < 1.29 is 9.53 Å². The van der Waals surface area contributed by atoms with E-state index in [1.54, 1.807) is 11.3 Å². The van der Waals surface area contributed by atoms with Crippen LogP contribution in [0.4, 0.5) is 5.00 Å². The number of aromatic nitrogens is 1. The van der Waals surface area contributed by atoms with Gasteiger partial charge in [-0.15, -0.1) is 0 Å². The van der Waals surface area contributed by atoms with Crippen LogP contribution in [0.3, 0.4) is 0 Å². The average molecular weight is 291 g/mol. The topological polar surface area (TPSA) is 54.5 Å². The lowest BCUT2D eigenvalue weighted by molar-refractivity contribution is -0.119. The van der Waals surface area contributed by atoms with Crippen molar-refractivity contribution in [3.05, 3.63) is 23.9 Å². The van der Waals surface area contributed by atoms with Crippen molar-refractivity contribution in [3.63, 3.8) is 0 Å². The molecule has 3 rings (SSSR count). The van der Waals surface area contributed by atoms with Gasteiger partial charge >= 0.3 is 0 Å². The highest BCUT2D eigenvalue weighted by atomic mass is 32.1. The Balaban J connectivity index is 1.71. The van der Waals surface area contributed by atoms with Gasteiger partial charge in [0.05, 0.1) is 11.1 Å². The third kappa shape index (κ3) is 2.76. The fourth-order valence-corrected chi connectivity index (χ4v) is 3.31. The summed E-state index contributed by atoms with van der Waals surface area (Å²) < 4.78 is 5.69. The van der Waals surface area contributed by atoms with E-state index >= 15 is 0 Å². The van der Waals surface area contributed by atoms with Gasteiger partial charge in [-0.1, -0.05) is 17.4 Å². The molecule has 0 radical (unpaired) electrons. The van der Waals surface area contributed by atoms with Crippen LogP contribution in [0.15, 0.2) is 18.2 Å². The monoisotopic (exact) mass is 291 g/mol. The lowest BCUT2D eigenvalue weighted by Gasteiger charge is -2.13. The zero-order valence-corrected chi connectivity index (χ0v) is 12.4. The van der Waals surface area contributed by atoms with Crippen LogP contribution in [-0.2, 0) is 9.53 Å². The number of carbonyl (C=O) groups is 1. The van der Waals surface area contributed by atoms with Crippen LogP contribution in [-0.4, -0.2) is 36.8 Å². The lowest BCUT2D eigenvalue weighted by Crippen LogP contribution is -2.33. The number of pyridine rings is 1. The van der Waals surface area contributed by atoms with Crippen LogP contribution < -0.4 is 10.2 Å². The molecule has 0 aromatic carbocycles. The second-order valence-electron chi connectivity index (χ2n) is 5.01. The van der Waals surface area contributed by atoms with E-state index < -0.39 is 0 Å². The van der Waals surface area contributed by atoms with E-state index in [1.165, 1.54) is 17.3 Å². The van der Waals surface area contributed by atoms with Crippen molar-refractivity contribution in [1.29, 1.82) is 0 Å². The SMILES string of the molecule is CC(=O)NC[C@H]1CN(c2cc3ccc(C)nc3s2)CO1. The van der Waals surface area contributed by atoms with Crippen molar-refractivity contribution in [2.45, 2.75) is 20.0 Å². The Morgan fingerprint density at radius 3 is 3.25 bits per heavy atom. The largest absolute Gasteiger partial charge is 0.354 e. The Labute approximate surface area is 121 Å². The predicted molar refractivity (Wildman–Crippen MR) is 80.1 cm³/mol. The molecule has 6 heteroatoms. The molecule has 106 valence electrons.